The molecule has 11 rings (SSSR count). The third kappa shape index (κ3) is 5.19. The molecule has 0 saturated carbocycles. The third-order valence-corrected chi connectivity index (χ3v) is 11.3. The van der Waals surface area contributed by atoms with Crippen molar-refractivity contribution in [1.29, 1.82) is 0 Å². The highest BCUT2D eigenvalue weighted by molar-refractivity contribution is 6.23. The standard InChI is InChI=1S/C54H36N2/c1-3-16-37(17-4-1)47-25-11-13-28-50(47)55(44-32-33-46-40(34-44)31-30-38-18-7-9-24-45(38)46)43-23-15-20-41(35-43)53-48-26-10-8-19-39(48)36-52-54(53)49-27-12-14-29-51(49)56(52)42-21-5-2-6-22-42/h1-36H. The second kappa shape index (κ2) is 13.2. The zero-order chi connectivity index (χ0) is 37.0. The van der Waals surface area contributed by atoms with E-state index in [2.05, 4.69) is 228 Å². The van der Waals surface area contributed by atoms with Gasteiger partial charge in [0, 0.05) is 33.4 Å². The average Bonchev–Trinajstić information content (AvgIpc) is 3.60. The molecule has 0 N–H and O–H groups in total. The van der Waals surface area contributed by atoms with E-state index >= 15 is 0 Å². The van der Waals surface area contributed by atoms with E-state index in [0.29, 0.717) is 0 Å². The predicted molar refractivity (Wildman–Crippen MR) is 239 cm³/mol. The minimum absolute atomic E-state index is 1.10. The molecule has 1 aromatic heterocycles. The Hall–Kier alpha value is -7.42. The number of para-hydroxylation sites is 3. The van der Waals surface area contributed by atoms with E-state index < -0.39 is 0 Å². The van der Waals surface area contributed by atoms with Crippen LogP contribution in [0.15, 0.2) is 218 Å². The van der Waals surface area contributed by atoms with Crippen molar-refractivity contribution in [2.75, 3.05) is 4.90 Å². The zero-order valence-electron chi connectivity index (χ0n) is 30.7. The van der Waals surface area contributed by atoms with Crippen LogP contribution in [-0.4, -0.2) is 4.57 Å². The Morgan fingerprint density at radius 1 is 0.339 bits per heavy atom. The van der Waals surface area contributed by atoms with Gasteiger partial charge in [-0.05, 0) is 104 Å². The molecule has 0 aliphatic rings. The molecule has 2 heteroatoms. The Bertz CT molecular complexity index is 3250. The number of fused-ring (bicyclic) bond motifs is 7. The van der Waals surface area contributed by atoms with Gasteiger partial charge in [-0.1, -0.05) is 164 Å². The topological polar surface area (TPSA) is 8.17 Å². The Morgan fingerprint density at radius 3 is 1.80 bits per heavy atom. The third-order valence-electron chi connectivity index (χ3n) is 11.3. The molecule has 10 aromatic carbocycles. The molecule has 0 saturated heterocycles. The van der Waals surface area contributed by atoms with Crippen LogP contribution in [0.3, 0.4) is 0 Å². The van der Waals surface area contributed by atoms with Gasteiger partial charge in [0.05, 0.1) is 16.7 Å². The van der Waals surface area contributed by atoms with E-state index in [1.165, 1.54) is 76.4 Å². The molecule has 56 heavy (non-hydrogen) atoms. The van der Waals surface area contributed by atoms with E-state index in [9.17, 15) is 0 Å². The maximum atomic E-state index is 2.44. The highest BCUT2D eigenvalue weighted by Gasteiger charge is 2.22. The van der Waals surface area contributed by atoms with Crippen molar-refractivity contribution in [3.8, 4) is 27.9 Å². The normalized spacial score (nSPS) is 11.6. The van der Waals surface area contributed by atoms with Gasteiger partial charge in [-0.3, -0.25) is 0 Å². The van der Waals surface area contributed by atoms with Crippen LogP contribution < -0.4 is 4.90 Å². The van der Waals surface area contributed by atoms with Gasteiger partial charge in [0.1, 0.15) is 0 Å². The molecule has 1 heterocycles. The van der Waals surface area contributed by atoms with Crippen LogP contribution >= 0.6 is 0 Å². The van der Waals surface area contributed by atoms with Crippen molar-refractivity contribution in [3.05, 3.63) is 218 Å². The summed E-state index contributed by atoms with van der Waals surface area (Å²) in [4.78, 5) is 2.44. The first-order chi connectivity index (χ1) is 27.8. The van der Waals surface area contributed by atoms with Crippen molar-refractivity contribution in [3.63, 3.8) is 0 Å². The lowest BCUT2D eigenvalue weighted by molar-refractivity contribution is 1.18. The van der Waals surface area contributed by atoms with Crippen molar-refractivity contribution in [2.45, 2.75) is 0 Å². The summed E-state index contributed by atoms with van der Waals surface area (Å²) >= 11 is 0. The summed E-state index contributed by atoms with van der Waals surface area (Å²) in [6.07, 6.45) is 0. The molecule has 0 aliphatic heterocycles. The minimum Gasteiger partial charge on any atom is -0.310 e. The van der Waals surface area contributed by atoms with Gasteiger partial charge in [0.25, 0.3) is 0 Å². The summed E-state index contributed by atoms with van der Waals surface area (Å²) < 4.78 is 2.42. The highest BCUT2D eigenvalue weighted by Crippen LogP contribution is 2.46. The van der Waals surface area contributed by atoms with Crippen molar-refractivity contribution < 1.29 is 0 Å². The zero-order valence-corrected chi connectivity index (χ0v) is 30.7. The minimum atomic E-state index is 1.10. The molecule has 11 aromatic rings. The first kappa shape index (κ1) is 32.0. The van der Waals surface area contributed by atoms with E-state index in [0.717, 1.165) is 22.7 Å². The summed E-state index contributed by atoms with van der Waals surface area (Å²) in [5, 5.41) is 9.94. The van der Waals surface area contributed by atoms with Crippen LogP contribution in [0.4, 0.5) is 17.1 Å². The Morgan fingerprint density at radius 2 is 0.946 bits per heavy atom. The fraction of sp³-hybridized carbons (Fsp3) is 0. The average molecular weight is 713 g/mol. The lowest BCUT2D eigenvalue weighted by Crippen LogP contribution is -2.11. The molecule has 0 unspecified atom stereocenters. The fourth-order valence-corrected chi connectivity index (χ4v) is 8.84. The Balaban J connectivity index is 1.19. The summed E-state index contributed by atoms with van der Waals surface area (Å²) in [5.41, 5.74) is 11.7. The van der Waals surface area contributed by atoms with Gasteiger partial charge in [-0.25, -0.2) is 0 Å². The Kier molecular flexibility index (Phi) is 7.53. The molecule has 0 fully saturated rings. The van der Waals surface area contributed by atoms with E-state index in [4.69, 9.17) is 0 Å². The van der Waals surface area contributed by atoms with E-state index in [1.54, 1.807) is 0 Å². The van der Waals surface area contributed by atoms with Gasteiger partial charge < -0.3 is 9.47 Å². The molecule has 0 aliphatic carbocycles. The number of anilines is 3. The lowest BCUT2D eigenvalue weighted by atomic mass is 9.92. The maximum Gasteiger partial charge on any atom is 0.0553 e. The van der Waals surface area contributed by atoms with Crippen molar-refractivity contribution in [2.24, 2.45) is 0 Å². The largest absolute Gasteiger partial charge is 0.310 e. The quantitative estimate of drug-likeness (QED) is 0.156. The molecule has 0 atom stereocenters. The summed E-state index contributed by atoms with van der Waals surface area (Å²) in [5.74, 6) is 0. The first-order valence-corrected chi connectivity index (χ1v) is 19.3. The lowest BCUT2D eigenvalue weighted by Gasteiger charge is -2.29. The molecular weight excluding hydrogens is 677 g/mol. The maximum absolute atomic E-state index is 2.44. The van der Waals surface area contributed by atoms with Crippen LogP contribution in [0.1, 0.15) is 0 Å². The molecule has 0 spiro atoms. The SMILES string of the molecule is c1ccc(-c2ccccc2N(c2cccc(-c3c4ccccc4cc4c3c3ccccc3n4-c3ccccc3)c2)c2ccc3c(ccc4ccccc43)c2)cc1. The van der Waals surface area contributed by atoms with Crippen molar-refractivity contribution in [1.82, 2.24) is 4.57 Å². The summed E-state index contributed by atoms with van der Waals surface area (Å²) in [7, 11) is 0. The van der Waals surface area contributed by atoms with Gasteiger partial charge >= 0.3 is 0 Å². The van der Waals surface area contributed by atoms with Crippen LogP contribution in [0.5, 0.6) is 0 Å². The van der Waals surface area contributed by atoms with E-state index in [-0.39, 0.29) is 0 Å². The van der Waals surface area contributed by atoms with Gasteiger partial charge in [-0.2, -0.15) is 0 Å². The number of rotatable bonds is 6. The van der Waals surface area contributed by atoms with Gasteiger partial charge in [0.2, 0.25) is 0 Å². The number of nitrogens with zero attached hydrogens (tertiary/aromatic N) is 2. The monoisotopic (exact) mass is 712 g/mol. The summed E-state index contributed by atoms with van der Waals surface area (Å²) in [6, 6.07) is 79.5. The van der Waals surface area contributed by atoms with E-state index in [1.807, 2.05) is 0 Å². The second-order valence-corrected chi connectivity index (χ2v) is 14.5. The van der Waals surface area contributed by atoms with Gasteiger partial charge in [0.15, 0.2) is 0 Å². The molecule has 2 nitrogen and oxygen atoms in total. The molecule has 0 amide bonds. The number of aromatic nitrogens is 1. The number of benzene rings is 10. The van der Waals surface area contributed by atoms with Crippen molar-refractivity contribution >= 4 is 71.2 Å². The second-order valence-electron chi connectivity index (χ2n) is 14.5. The summed E-state index contributed by atoms with van der Waals surface area (Å²) in [6.45, 7) is 0. The number of hydrogen-bond acceptors (Lipinski definition) is 1. The fourth-order valence-electron chi connectivity index (χ4n) is 8.84. The molecule has 0 bridgehead atoms. The molecule has 0 radical (unpaired) electrons. The van der Waals surface area contributed by atoms with Crippen LogP contribution in [0.2, 0.25) is 0 Å². The Labute approximate surface area is 325 Å². The number of hydrogen-bond donors (Lipinski definition) is 0. The smallest absolute Gasteiger partial charge is 0.0553 e. The molecular formula is C54H36N2. The first-order valence-electron chi connectivity index (χ1n) is 19.3. The van der Waals surface area contributed by atoms with Gasteiger partial charge in [-0.15, -0.1) is 0 Å². The molecule has 262 valence electrons. The predicted octanol–water partition coefficient (Wildman–Crippen LogP) is 15.0. The van der Waals surface area contributed by atoms with Crippen LogP contribution in [-0.2, 0) is 0 Å². The van der Waals surface area contributed by atoms with Crippen LogP contribution in [0, 0.1) is 0 Å². The highest BCUT2D eigenvalue weighted by atomic mass is 15.1. The van der Waals surface area contributed by atoms with Crippen LogP contribution in [0.25, 0.3) is 82.1 Å².